The van der Waals surface area contributed by atoms with Crippen LogP contribution in [0.4, 0.5) is 5.69 Å². The SMILES string of the molecule is CC(=O)Nc1ccc(C2SCC(=O)N2CCN2CCOCC2)cc1. The lowest BCUT2D eigenvalue weighted by atomic mass is 10.2. The Labute approximate surface area is 146 Å². The Morgan fingerprint density at radius 2 is 1.96 bits per heavy atom. The standard InChI is InChI=1S/C17H23N3O3S/c1-13(21)18-15-4-2-14(3-5-15)17-20(16(22)12-24-17)7-6-19-8-10-23-11-9-19/h2-5,17H,6-12H2,1H3,(H,18,21). The fourth-order valence-corrected chi connectivity index (χ4v) is 4.20. The third-order valence-corrected chi connectivity index (χ3v) is 5.50. The Morgan fingerprint density at radius 3 is 2.62 bits per heavy atom. The Balaban J connectivity index is 1.62. The van der Waals surface area contributed by atoms with Crippen LogP contribution in [0.25, 0.3) is 0 Å². The van der Waals surface area contributed by atoms with Gasteiger partial charge in [-0.25, -0.2) is 0 Å². The van der Waals surface area contributed by atoms with Crippen molar-refractivity contribution < 1.29 is 14.3 Å². The minimum atomic E-state index is -0.0830. The van der Waals surface area contributed by atoms with Crippen LogP contribution in [0.5, 0.6) is 0 Å². The molecule has 2 aliphatic rings. The predicted octanol–water partition coefficient (Wildman–Crippen LogP) is 1.55. The minimum Gasteiger partial charge on any atom is -0.379 e. The molecule has 1 unspecified atom stereocenters. The molecule has 24 heavy (non-hydrogen) atoms. The number of hydrogen-bond donors (Lipinski definition) is 1. The quantitative estimate of drug-likeness (QED) is 0.874. The predicted molar refractivity (Wildman–Crippen MR) is 94.9 cm³/mol. The highest BCUT2D eigenvalue weighted by atomic mass is 32.2. The molecular weight excluding hydrogens is 326 g/mol. The first-order valence-electron chi connectivity index (χ1n) is 8.22. The average molecular weight is 349 g/mol. The van der Waals surface area contributed by atoms with Crippen LogP contribution in [0.2, 0.25) is 0 Å². The zero-order valence-corrected chi connectivity index (χ0v) is 14.7. The summed E-state index contributed by atoms with van der Waals surface area (Å²) in [6, 6.07) is 7.76. The molecule has 2 fully saturated rings. The summed E-state index contributed by atoms with van der Waals surface area (Å²) in [7, 11) is 0. The maximum absolute atomic E-state index is 12.2. The summed E-state index contributed by atoms with van der Waals surface area (Å²) in [5.74, 6) is 0.644. The molecular formula is C17H23N3O3S. The Hall–Kier alpha value is -1.57. The largest absolute Gasteiger partial charge is 0.379 e. The molecule has 0 bridgehead atoms. The number of morpholine rings is 1. The van der Waals surface area contributed by atoms with Gasteiger partial charge in [0, 0.05) is 38.8 Å². The zero-order valence-electron chi connectivity index (χ0n) is 13.9. The number of carbonyl (C=O) groups is 2. The average Bonchev–Trinajstić information content (AvgIpc) is 2.95. The highest BCUT2D eigenvalue weighted by Crippen LogP contribution is 2.38. The van der Waals surface area contributed by atoms with Crippen molar-refractivity contribution in [1.29, 1.82) is 0 Å². The molecule has 0 radical (unpaired) electrons. The molecule has 2 heterocycles. The summed E-state index contributed by atoms with van der Waals surface area (Å²) < 4.78 is 5.37. The molecule has 1 N–H and O–H groups in total. The number of nitrogens with one attached hydrogen (secondary N) is 1. The van der Waals surface area contributed by atoms with Gasteiger partial charge in [-0.15, -0.1) is 11.8 Å². The van der Waals surface area contributed by atoms with Gasteiger partial charge in [0.25, 0.3) is 0 Å². The van der Waals surface area contributed by atoms with Gasteiger partial charge >= 0.3 is 0 Å². The summed E-state index contributed by atoms with van der Waals surface area (Å²) in [5.41, 5.74) is 1.88. The number of benzene rings is 1. The fraction of sp³-hybridized carbons (Fsp3) is 0.529. The number of ether oxygens (including phenoxy) is 1. The van der Waals surface area contributed by atoms with E-state index in [-0.39, 0.29) is 17.2 Å². The van der Waals surface area contributed by atoms with Crippen molar-refractivity contribution >= 4 is 29.3 Å². The summed E-state index contributed by atoms with van der Waals surface area (Å²) in [4.78, 5) is 27.7. The molecule has 1 atom stereocenters. The van der Waals surface area contributed by atoms with E-state index in [1.807, 2.05) is 29.2 Å². The zero-order chi connectivity index (χ0) is 16.9. The van der Waals surface area contributed by atoms with Crippen LogP contribution in [0.1, 0.15) is 17.9 Å². The van der Waals surface area contributed by atoms with Gasteiger partial charge in [0.05, 0.1) is 19.0 Å². The number of amides is 2. The molecule has 2 amide bonds. The highest BCUT2D eigenvalue weighted by molar-refractivity contribution is 8.00. The van der Waals surface area contributed by atoms with E-state index < -0.39 is 0 Å². The van der Waals surface area contributed by atoms with E-state index >= 15 is 0 Å². The number of rotatable bonds is 5. The minimum absolute atomic E-state index is 0.0601. The topological polar surface area (TPSA) is 61.9 Å². The first-order valence-corrected chi connectivity index (χ1v) is 9.27. The van der Waals surface area contributed by atoms with Crippen LogP contribution >= 0.6 is 11.8 Å². The lowest BCUT2D eigenvalue weighted by Gasteiger charge is -2.30. The van der Waals surface area contributed by atoms with E-state index in [1.165, 1.54) is 6.92 Å². The maximum atomic E-state index is 12.2. The van der Waals surface area contributed by atoms with Crippen molar-refractivity contribution in [3.05, 3.63) is 29.8 Å². The number of carbonyl (C=O) groups excluding carboxylic acids is 2. The van der Waals surface area contributed by atoms with Gasteiger partial charge in [-0.2, -0.15) is 0 Å². The van der Waals surface area contributed by atoms with Crippen LogP contribution in [0.15, 0.2) is 24.3 Å². The first-order chi connectivity index (χ1) is 11.6. The van der Waals surface area contributed by atoms with E-state index in [4.69, 9.17) is 4.74 Å². The summed E-state index contributed by atoms with van der Waals surface area (Å²) in [6.45, 7) is 6.54. The molecule has 0 spiro atoms. The Morgan fingerprint density at radius 1 is 1.25 bits per heavy atom. The third-order valence-electron chi connectivity index (χ3n) is 4.25. The van der Waals surface area contributed by atoms with Crippen molar-refractivity contribution in [2.75, 3.05) is 50.5 Å². The monoisotopic (exact) mass is 349 g/mol. The summed E-state index contributed by atoms with van der Waals surface area (Å²) in [5, 5.41) is 2.83. The van der Waals surface area contributed by atoms with Gasteiger partial charge < -0.3 is 15.0 Å². The van der Waals surface area contributed by atoms with E-state index in [0.717, 1.165) is 50.6 Å². The van der Waals surface area contributed by atoms with Gasteiger partial charge in [-0.1, -0.05) is 12.1 Å². The molecule has 6 nitrogen and oxygen atoms in total. The molecule has 0 saturated carbocycles. The molecule has 0 aliphatic carbocycles. The first kappa shape index (κ1) is 17.3. The number of anilines is 1. The van der Waals surface area contributed by atoms with Gasteiger partial charge in [0.15, 0.2) is 0 Å². The van der Waals surface area contributed by atoms with Crippen molar-refractivity contribution in [2.24, 2.45) is 0 Å². The van der Waals surface area contributed by atoms with Gasteiger partial charge in [0.2, 0.25) is 11.8 Å². The second-order valence-electron chi connectivity index (χ2n) is 6.01. The van der Waals surface area contributed by atoms with Crippen molar-refractivity contribution in [2.45, 2.75) is 12.3 Å². The molecule has 2 saturated heterocycles. The second kappa shape index (κ2) is 8.00. The van der Waals surface area contributed by atoms with Crippen molar-refractivity contribution in [1.82, 2.24) is 9.80 Å². The lowest BCUT2D eigenvalue weighted by Crippen LogP contribution is -2.42. The smallest absolute Gasteiger partial charge is 0.233 e. The normalized spacial score (nSPS) is 22.0. The van der Waals surface area contributed by atoms with E-state index in [2.05, 4.69) is 10.2 Å². The molecule has 3 rings (SSSR count). The highest BCUT2D eigenvalue weighted by Gasteiger charge is 2.32. The number of thioether (sulfide) groups is 1. The second-order valence-corrected chi connectivity index (χ2v) is 7.08. The lowest BCUT2D eigenvalue weighted by molar-refractivity contribution is -0.128. The van der Waals surface area contributed by atoms with Crippen LogP contribution in [0, 0.1) is 0 Å². The number of hydrogen-bond acceptors (Lipinski definition) is 5. The van der Waals surface area contributed by atoms with Gasteiger partial charge in [-0.05, 0) is 17.7 Å². The Bertz CT molecular complexity index is 587. The van der Waals surface area contributed by atoms with Crippen LogP contribution in [-0.4, -0.2) is 66.8 Å². The molecule has 1 aromatic carbocycles. The maximum Gasteiger partial charge on any atom is 0.233 e. The number of nitrogens with zero attached hydrogens (tertiary/aromatic N) is 2. The molecule has 130 valence electrons. The van der Waals surface area contributed by atoms with Gasteiger partial charge in [0.1, 0.15) is 5.37 Å². The van der Waals surface area contributed by atoms with Crippen molar-refractivity contribution in [3.63, 3.8) is 0 Å². The van der Waals surface area contributed by atoms with E-state index in [0.29, 0.717) is 5.75 Å². The molecule has 1 aromatic rings. The van der Waals surface area contributed by atoms with Crippen LogP contribution < -0.4 is 5.32 Å². The van der Waals surface area contributed by atoms with Gasteiger partial charge in [-0.3, -0.25) is 14.5 Å². The summed E-state index contributed by atoms with van der Waals surface area (Å²) >= 11 is 1.66. The Kier molecular flexibility index (Phi) is 5.76. The van der Waals surface area contributed by atoms with Crippen molar-refractivity contribution in [3.8, 4) is 0 Å². The molecule has 2 aliphatic heterocycles. The summed E-state index contributed by atoms with van der Waals surface area (Å²) in [6.07, 6.45) is 0. The molecule has 7 heteroatoms. The fourth-order valence-electron chi connectivity index (χ4n) is 2.98. The van der Waals surface area contributed by atoms with Crippen LogP contribution in [-0.2, 0) is 14.3 Å². The molecule has 0 aromatic heterocycles. The van der Waals surface area contributed by atoms with E-state index in [1.54, 1.807) is 11.8 Å². The van der Waals surface area contributed by atoms with Crippen LogP contribution in [0.3, 0.4) is 0 Å². The third kappa shape index (κ3) is 4.28. The van der Waals surface area contributed by atoms with E-state index in [9.17, 15) is 9.59 Å².